The van der Waals surface area contributed by atoms with Crippen LogP contribution >= 0.6 is 11.3 Å². The highest BCUT2D eigenvalue weighted by Crippen LogP contribution is 2.36. The molecule has 9 nitrogen and oxygen atoms in total. The molecular formula is C30H32N2O7S. The number of benzene rings is 2. The monoisotopic (exact) mass is 564 g/mol. The summed E-state index contributed by atoms with van der Waals surface area (Å²) in [6.07, 6.45) is 3.05. The standard InChI is InChI=1S/C30H32N2O7S/c1-8-13-38-22-12-10-20(16-24(22)37-7)27-26(29(34)39-17(2)3)18(4)31-30-32(27)28(33)25(40-30)15-19-9-11-21(35-5)23(14-19)36-6/h8-12,14-17,27H,1,13H2,2-7H3/b25-15-. The number of thiazole rings is 1. The molecule has 10 heteroatoms. The fourth-order valence-electron chi connectivity index (χ4n) is 4.39. The second kappa shape index (κ2) is 12.3. The molecule has 2 heterocycles. The van der Waals surface area contributed by atoms with Crippen LogP contribution in [0.25, 0.3) is 6.08 Å². The van der Waals surface area contributed by atoms with Gasteiger partial charge in [0.25, 0.3) is 5.56 Å². The Morgan fingerprint density at radius 1 is 1.05 bits per heavy atom. The van der Waals surface area contributed by atoms with Crippen molar-refractivity contribution in [3.05, 3.63) is 91.1 Å². The van der Waals surface area contributed by atoms with E-state index in [4.69, 9.17) is 23.7 Å². The third-order valence-corrected chi connectivity index (χ3v) is 7.13. The number of methoxy groups -OCH3 is 3. The number of aromatic nitrogens is 1. The third-order valence-electron chi connectivity index (χ3n) is 6.15. The van der Waals surface area contributed by atoms with Gasteiger partial charge in [-0.3, -0.25) is 9.36 Å². The molecule has 4 rings (SSSR count). The molecule has 0 N–H and O–H groups in total. The SMILES string of the molecule is C=CCOc1ccc(C2C(C(=O)OC(C)C)=C(C)N=c3s/c(=C\c4ccc(OC)c(OC)c4)c(=O)n32)cc1OC. The number of hydrogen-bond donors (Lipinski definition) is 0. The lowest BCUT2D eigenvalue weighted by molar-refractivity contribution is -0.143. The van der Waals surface area contributed by atoms with E-state index in [1.54, 1.807) is 77.5 Å². The van der Waals surface area contributed by atoms with Crippen molar-refractivity contribution in [1.82, 2.24) is 4.57 Å². The molecule has 0 saturated heterocycles. The molecule has 0 spiro atoms. The van der Waals surface area contributed by atoms with Crippen LogP contribution in [-0.4, -0.2) is 44.6 Å². The Morgan fingerprint density at radius 2 is 1.73 bits per heavy atom. The Kier molecular flexibility index (Phi) is 8.79. The van der Waals surface area contributed by atoms with E-state index in [0.717, 1.165) is 5.56 Å². The van der Waals surface area contributed by atoms with Crippen LogP contribution in [0.4, 0.5) is 0 Å². The Hall–Kier alpha value is -4.31. The molecule has 210 valence electrons. The number of carbonyl (C=O) groups is 1. The topological polar surface area (TPSA) is 97.6 Å². The van der Waals surface area contributed by atoms with Crippen molar-refractivity contribution in [3.63, 3.8) is 0 Å². The van der Waals surface area contributed by atoms with Crippen molar-refractivity contribution in [1.29, 1.82) is 0 Å². The molecule has 1 aliphatic rings. The van der Waals surface area contributed by atoms with Crippen molar-refractivity contribution < 1.29 is 28.5 Å². The molecule has 0 bridgehead atoms. The van der Waals surface area contributed by atoms with Crippen LogP contribution in [-0.2, 0) is 9.53 Å². The van der Waals surface area contributed by atoms with E-state index < -0.39 is 12.0 Å². The molecule has 1 aliphatic heterocycles. The van der Waals surface area contributed by atoms with Gasteiger partial charge in [0.1, 0.15) is 6.61 Å². The van der Waals surface area contributed by atoms with Crippen LogP contribution in [0, 0.1) is 0 Å². The highest BCUT2D eigenvalue weighted by atomic mass is 32.1. The highest BCUT2D eigenvalue weighted by molar-refractivity contribution is 7.07. The Bertz CT molecular complexity index is 1650. The highest BCUT2D eigenvalue weighted by Gasteiger charge is 2.34. The van der Waals surface area contributed by atoms with Crippen molar-refractivity contribution in [2.75, 3.05) is 27.9 Å². The first kappa shape index (κ1) is 28.7. The summed E-state index contributed by atoms with van der Waals surface area (Å²) in [5.41, 5.74) is 1.85. The molecule has 0 aliphatic carbocycles. The zero-order valence-electron chi connectivity index (χ0n) is 23.3. The molecule has 1 unspecified atom stereocenters. The average molecular weight is 565 g/mol. The molecule has 40 heavy (non-hydrogen) atoms. The summed E-state index contributed by atoms with van der Waals surface area (Å²) in [5, 5.41) is 0. The Labute approximate surface area is 236 Å². The smallest absolute Gasteiger partial charge is 0.338 e. The second-order valence-corrected chi connectivity index (χ2v) is 10.2. The van der Waals surface area contributed by atoms with Crippen molar-refractivity contribution >= 4 is 23.4 Å². The van der Waals surface area contributed by atoms with Crippen LogP contribution in [0.3, 0.4) is 0 Å². The number of rotatable bonds is 10. The van der Waals surface area contributed by atoms with Gasteiger partial charge in [0.2, 0.25) is 0 Å². The van der Waals surface area contributed by atoms with Gasteiger partial charge in [-0.25, -0.2) is 9.79 Å². The van der Waals surface area contributed by atoms with Gasteiger partial charge in [-0.15, -0.1) is 0 Å². The predicted octanol–water partition coefficient (Wildman–Crippen LogP) is 3.78. The van der Waals surface area contributed by atoms with E-state index in [2.05, 4.69) is 11.6 Å². The van der Waals surface area contributed by atoms with Crippen LogP contribution in [0.15, 0.2) is 70.1 Å². The Balaban J connectivity index is 1.92. The maximum Gasteiger partial charge on any atom is 0.338 e. The fourth-order valence-corrected chi connectivity index (χ4v) is 5.44. The summed E-state index contributed by atoms with van der Waals surface area (Å²) >= 11 is 1.24. The fraction of sp³-hybridized carbons (Fsp3) is 0.300. The maximum absolute atomic E-state index is 13.9. The van der Waals surface area contributed by atoms with Gasteiger partial charge in [-0.2, -0.15) is 0 Å². The first-order chi connectivity index (χ1) is 19.2. The quantitative estimate of drug-likeness (QED) is 0.273. The van der Waals surface area contributed by atoms with E-state index in [1.807, 2.05) is 6.07 Å². The van der Waals surface area contributed by atoms with E-state index in [-0.39, 0.29) is 17.2 Å². The zero-order valence-corrected chi connectivity index (χ0v) is 24.2. The van der Waals surface area contributed by atoms with Crippen LogP contribution in [0.5, 0.6) is 23.0 Å². The van der Waals surface area contributed by atoms with Crippen molar-refractivity contribution in [2.24, 2.45) is 4.99 Å². The lowest BCUT2D eigenvalue weighted by atomic mass is 9.95. The molecule has 0 amide bonds. The molecular weight excluding hydrogens is 532 g/mol. The van der Waals surface area contributed by atoms with Crippen LogP contribution in [0.2, 0.25) is 0 Å². The molecule has 0 fully saturated rings. The summed E-state index contributed by atoms with van der Waals surface area (Å²) in [5.74, 6) is 1.56. The zero-order chi connectivity index (χ0) is 29.0. The largest absolute Gasteiger partial charge is 0.493 e. The number of hydrogen-bond acceptors (Lipinski definition) is 9. The minimum atomic E-state index is -0.794. The van der Waals surface area contributed by atoms with Gasteiger partial charge < -0.3 is 23.7 Å². The summed E-state index contributed by atoms with van der Waals surface area (Å²) in [7, 11) is 4.65. The maximum atomic E-state index is 13.9. The van der Waals surface area contributed by atoms with Gasteiger partial charge in [0, 0.05) is 0 Å². The third kappa shape index (κ3) is 5.67. The number of ether oxygens (including phenoxy) is 5. The molecule has 0 radical (unpaired) electrons. The number of carbonyl (C=O) groups excluding carboxylic acids is 1. The van der Waals surface area contributed by atoms with Gasteiger partial charge in [-0.05, 0) is 62.2 Å². The molecule has 2 aromatic carbocycles. The van der Waals surface area contributed by atoms with E-state index in [1.165, 1.54) is 23.0 Å². The molecule has 3 aromatic rings. The normalized spacial score (nSPS) is 14.9. The molecule has 0 saturated carbocycles. The average Bonchev–Trinajstić information content (AvgIpc) is 3.24. The van der Waals surface area contributed by atoms with E-state index in [9.17, 15) is 9.59 Å². The minimum Gasteiger partial charge on any atom is -0.493 e. The Morgan fingerprint density at radius 3 is 2.38 bits per heavy atom. The number of allylic oxidation sites excluding steroid dienone is 1. The first-order valence-corrected chi connectivity index (χ1v) is 13.4. The van der Waals surface area contributed by atoms with Crippen LogP contribution in [0.1, 0.15) is 37.9 Å². The molecule has 1 atom stereocenters. The van der Waals surface area contributed by atoms with Crippen molar-refractivity contribution in [3.8, 4) is 23.0 Å². The number of fused-ring (bicyclic) bond motifs is 1. The van der Waals surface area contributed by atoms with Gasteiger partial charge in [0.05, 0.1) is 49.3 Å². The number of esters is 1. The summed E-state index contributed by atoms with van der Waals surface area (Å²) in [4.78, 5) is 32.4. The number of nitrogens with zero attached hydrogens (tertiary/aromatic N) is 2. The summed E-state index contributed by atoms with van der Waals surface area (Å²) in [6.45, 7) is 9.27. The summed E-state index contributed by atoms with van der Waals surface area (Å²) in [6, 6.07) is 9.92. The van der Waals surface area contributed by atoms with E-state index in [0.29, 0.717) is 50.2 Å². The minimum absolute atomic E-state index is 0.278. The van der Waals surface area contributed by atoms with Crippen LogP contribution < -0.4 is 33.8 Å². The lowest BCUT2D eigenvalue weighted by Gasteiger charge is -2.26. The first-order valence-electron chi connectivity index (χ1n) is 12.6. The van der Waals surface area contributed by atoms with Gasteiger partial charge in [-0.1, -0.05) is 36.1 Å². The predicted molar refractivity (Wildman–Crippen MR) is 153 cm³/mol. The van der Waals surface area contributed by atoms with Gasteiger partial charge in [0.15, 0.2) is 27.8 Å². The lowest BCUT2D eigenvalue weighted by Crippen LogP contribution is -2.40. The van der Waals surface area contributed by atoms with Crippen molar-refractivity contribution in [2.45, 2.75) is 32.9 Å². The van der Waals surface area contributed by atoms with E-state index >= 15 is 0 Å². The summed E-state index contributed by atoms with van der Waals surface area (Å²) < 4.78 is 29.6. The second-order valence-electron chi connectivity index (χ2n) is 9.16. The molecule has 1 aromatic heterocycles. The van der Waals surface area contributed by atoms with Gasteiger partial charge >= 0.3 is 5.97 Å².